The van der Waals surface area contributed by atoms with E-state index in [4.69, 9.17) is 9.47 Å². The zero-order chi connectivity index (χ0) is 18.8. The minimum atomic E-state index is 0.616. The molecular weight excluding hydrogens is 336 g/mol. The van der Waals surface area contributed by atoms with E-state index < -0.39 is 0 Å². The van der Waals surface area contributed by atoms with Gasteiger partial charge in [0.25, 0.3) is 0 Å². The van der Waals surface area contributed by atoms with Gasteiger partial charge in [-0.2, -0.15) is 0 Å². The molecule has 0 fully saturated rings. The Kier molecular flexibility index (Phi) is 4.73. The van der Waals surface area contributed by atoms with Crippen molar-refractivity contribution in [3.8, 4) is 17.2 Å². The van der Waals surface area contributed by atoms with Crippen LogP contribution in [0.15, 0.2) is 60.7 Å². The first-order valence-corrected chi connectivity index (χ1v) is 9.17. The molecule has 4 heteroatoms. The van der Waals surface area contributed by atoms with Crippen LogP contribution in [-0.4, -0.2) is 37.1 Å². The highest BCUT2D eigenvalue weighted by molar-refractivity contribution is 6.10. The summed E-state index contributed by atoms with van der Waals surface area (Å²) in [6, 6.07) is 20.3. The largest absolute Gasteiger partial charge is 0.490 e. The second-order valence-electron chi connectivity index (χ2n) is 7.08. The predicted octanol–water partition coefficient (Wildman–Crippen LogP) is 5.36. The standard InChI is InChI=1S/C23H24N2O2/c1-16-9-10-21-19(13-16)20-14-18(27-17-7-5-4-6-8-17)15-22(23(20)24-21)26-12-11-25(2)3/h4-10,13-15,24H,11-12H2,1-3H3. The molecule has 0 saturated heterocycles. The van der Waals surface area contributed by atoms with Gasteiger partial charge in [-0.1, -0.05) is 29.8 Å². The van der Waals surface area contributed by atoms with E-state index >= 15 is 0 Å². The highest BCUT2D eigenvalue weighted by Gasteiger charge is 2.13. The minimum Gasteiger partial charge on any atom is -0.490 e. The molecule has 0 atom stereocenters. The fourth-order valence-electron chi connectivity index (χ4n) is 3.19. The molecule has 0 radical (unpaired) electrons. The van der Waals surface area contributed by atoms with Crippen LogP contribution in [0.4, 0.5) is 0 Å². The van der Waals surface area contributed by atoms with Gasteiger partial charge in [-0.05, 0) is 51.4 Å². The zero-order valence-corrected chi connectivity index (χ0v) is 16.0. The lowest BCUT2D eigenvalue weighted by Gasteiger charge is -2.13. The SMILES string of the molecule is Cc1ccc2[nH]c3c(OCCN(C)C)cc(Oc4ccccc4)cc3c2c1. The summed E-state index contributed by atoms with van der Waals surface area (Å²) < 4.78 is 12.2. The van der Waals surface area contributed by atoms with Gasteiger partial charge in [0.05, 0.1) is 5.52 Å². The predicted molar refractivity (Wildman–Crippen MR) is 111 cm³/mol. The maximum atomic E-state index is 6.12. The third-order valence-corrected chi connectivity index (χ3v) is 4.58. The van der Waals surface area contributed by atoms with Crippen molar-refractivity contribution in [2.24, 2.45) is 0 Å². The van der Waals surface area contributed by atoms with Crippen molar-refractivity contribution >= 4 is 21.8 Å². The van der Waals surface area contributed by atoms with Gasteiger partial charge >= 0.3 is 0 Å². The van der Waals surface area contributed by atoms with E-state index in [0.29, 0.717) is 6.61 Å². The Morgan fingerprint density at radius 2 is 1.70 bits per heavy atom. The average Bonchev–Trinajstić information content (AvgIpc) is 3.00. The number of fused-ring (bicyclic) bond motifs is 3. The van der Waals surface area contributed by atoms with E-state index in [1.165, 1.54) is 10.9 Å². The van der Waals surface area contributed by atoms with Gasteiger partial charge in [0, 0.05) is 28.9 Å². The molecule has 0 unspecified atom stereocenters. The summed E-state index contributed by atoms with van der Waals surface area (Å²) in [6.45, 7) is 3.58. The number of nitrogens with one attached hydrogen (secondary N) is 1. The Balaban J connectivity index is 1.80. The molecule has 0 aliphatic rings. The van der Waals surface area contributed by atoms with Crippen LogP contribution in [0.3, 0.4) is 0 Å². The molecular formula is C23H24N2O2. The molecule has 1 heterocycles. The summed E-state index contributed by atoms with van der Waals surface area (Å²) >= 11 is 0. The number of nitrogens with zero attached hydrogens (tertiary/aromatic N) is 1. The van der Waals surface area contributed by atoms with Crippen LogP contribution in [0.25, 0.3) is 21.8 Å². The summed E-state index contributed by atoms with van der Waals surface area (Å²) in [5, 5.41) is 2.29. The van der Waals surface area contributed by atoms with E-state index in [9.17, 15) is 0 Å². The van der Waals surface area contributed by atoms with Crippen molar-refractivity contribution in [3.05, 3.63) is 66.2 Å². The average molecular weight is 360 g/mol. The van der Waals surface area contributed by atoms with Gasteiger partial charge in [0.15, 0.2) is 0 Å². The van der Waals surface area contributed by atoms with Crippen LogP contribution in [0.2, 0.25) is 0 Å². The third-order valence-electron chi connectivity index (χ3n) is 4.58. The molecule has 0 amide bonds. The van der Waals surface area contributed by atoms with Crippen molar-refractivity contribution in [2.45, 2.75) is 6.92 Å². The molecule has 0 saturated carbocycles. The Labute approximate surface area is 159 Å². The number of benzene rings is 3. The number of hydrogen-bond donors (Lipinski definition) is 1. The number of para-hydroxylation sites is 1. The number of hydrogen-bond acceptors (Lipinski definition) is 3. The highest BCUT2D eigenvalue weighted by Crippen LogP contribution is 2.37. The fourth-order valence-corrected chi connectivity index (χ4v) is 3.19. The van der Waals surface area contributed by atoms with Gasteiger partial charge in [-0.25, -0.2) is 0 Å². The highest BCUT2D eigenvalue weighted by atomic mass is 16.5. The van der Waals surface area contributed by atoms with E-state index in [0.717, 1.165) is 40.2 Å². The maximum absolute atomic E-state index is 6.12. The maximum Gasteiger partial charge on any atom is 0.147 e. The van der Waals surface area contributed by atoms with Crippen LogP contribution in [0, 0.1) is 6.92 Å². The summed E-state index contributed by atoms with van der Waals surface area (Å²) in [5.41, 5.74) is 3.34. The molecule has 0 aliphatic heterocycles. The lowest BCUT2D eigenvalue weighted by Crippen LogP contribution is -2.19. The van der Waals surface area contributed by atoms with E-state index in [2.05, 4.69) is 41.1 Å². The molecule has 4 rings (SSSR count). The van der Waals surface area contributed by atoms with Crippen molar-refractivity contribution in [3.63, 3.8) is 0 Å². The molecule has 138 valence electrons. The van der Waals surface area contributed by atoms with E-state index in [-0.39, 0.29) is 0 Å². The Morgan fingerprint density at radius 3 is 2.48 bits per heavy atom. The molecule has 0 bridgehead atoms. The van der Waals surface area contributed by atoms with Crippen LogP contribution in [-0.2, 0) is 0 Å². The summed E-state index contributed by atoms with van der Waals surface area (Å²) in [5.74, 6) is 2.40. The smallest absolute Gasteiger partial charge is 0.147 e. The molecule has 4 aromatic rings. The van der Waals surface area contributed by atoms with Gasteiger partial charge in [0.2, 0.25) is 0 Å². The van der Waals surface area contributed by atoms with Crippen molar-refractivity contribution < 1.29 is 9.47 Å². The van der Waals surface area contributed by atoms with Gasteiger partial charge in [0.1, 0.15) is 23.9 Å². The second kappa shape index (κ2) is 7.33. The summed E-state index contributed by atoms with van der Waals surface area (Å²) in [4.78, 5) is 5.62. The van der Waals surface area contributed by atoms with Crippen LogP contribution < -0.4 is 9.47 Å². The molecule has 27 heavy (non-hydrogen) atoms. The molecule has 4 nitrogen and oxygen atoms in total. The number of aromatic nitrogens is 1. The first-order chi connectivity index (χ1) is 13.1. The number of aromatic amines is 1. The summed E-state index contributed by atoms with van der Waals surface area (Å²) in [7, 11) is 4.08. The zero-order valence-electron chi connectivity index (χ0n) is 16.0. The second-order valence-corrected chi connectivity index (χ2v) is 7.08. The Hall–Kier alpha value is -2.98. The van der Waals surface area contributed by atoms with Gasteiger partial charge in [-0.3, -0.25) is 0 Å². The third kappa shape index (κ3) is 3.76. The Bertz CT molecular complexity index is 1070. The van der Waals surface area contributed by atoms with Gasteiger partial charge in [-0.15, -0.1) is 0 Å². The number of ether oxygens (including phenoxy) is 2. The molecule has 0 aliphatic carbocycles. The molecule has 1 N–H and O–H groups in total. The lowest BCUT2D eigenvalue weighted by atomic mass is 10.1. The fraction of sp³-hybridized carbons (Fsp3) is 0.217. The first-order valence-electron chi connectivity index (χ1n) is 9.17. The van der Waals surface area contributed by atoms with E-state index in [1.54, 1.807) is 0 Å². The number of H-pyrrole nitrogens is 1. The lowest BCUT2D eigenvalue weighted by molar-refractivity contribution is 0.263. The number of rotatable bonds is 6. The molecule has 3 aromatic carbocycles. The van der Waals surface area contributed by atoms with Crippen LogP contribution in [0.1, 0.15) is 5.56 Å². The quantitative estimate of drug-likeness (QED) is 0.503. The first kappa shape index (κ1) is 17.4. The minimum absolute atomic E-state index is 0.616. The number of aryl methyl sites for hydroxylation is 1. The normalized spacial score (nSPS) is 11.4. The monoisotopic (exact) mass is 360 g/mol. The topological polar surface area (TPSA) is 37.5 Å². The summed E-state index contributed by atoms with van der Waals surface area (Å²) in [6.07, 6.45) is 0. The van der Waals surface area contributed by atoms with Crippen LogP contribution in [0.5, 0.6) is 17.2 Å². The van der Waals surface area contributed by atoms with Crippen LogP contribution >= 0.6 is 0 Å². The molecule has 0 spiro atoms. The van der Waals surface area contributed by atoms with Gasteiger partial charge < -0.3 is 19.4 Å². The van der Waals surface area contributed by atoms with Crippen molar-refractivity contribution in [1.29, 1.82) is 0 Å². The molecule has 1 aromatic heterocycles. The van der Waals surface area contributed by atoms with E-state index in [1.807, 2.05) is 50.5 Å². The van der Waals surface area contributed by atoms with Crippen molar-refractivity contribution in [1.82, 2.24) is 9.88 Å². The number of likely N-dealkylation sites (N-methyl/N-ethyl adjacent to an activating group) is 1. The van der Waals surface area contributed by atoms with Crippen molar-refractivity contribution in [2.75, 3.05) is 27.2 Å². The Morgan fingerprint density at radius 1 is 0.889 bits per heavy atom.